The van der Waals surface area contributed by atoms with Crippen molar-refractivity contribution in [1.29, 1.82) is 0 Å². The number of carbonyl (C=O) groups is 7. The molecule has 9 aromatic carbocycles. The van der Waals surface area contributed by atoms with Crippen LogP contribution in [-0.4, -0.2) is 172 Å². The van der Waals surface area contributed by atoms with Gasteiger partial charge in [-0.25, -0.2) is 42.0 Å². The van der Waals surface area contributed by atoms with Gasteiger partial charge in [-0.2, -0.15) is 0 Å². The van der Waals surface area contributed by atoms with Crippen LogP contribution in [0.4, 0.5) is 49.9 Å². The van der Waals surface area contributed by atoms with Gasteiger partial charge in [0.25, 0.3) is 34.1 Å². The lowest BCUT2D eigenvalue weighted by molar-refractivity contribution is -0.394. The van der Waals surface area contributed by atoms with Gasteiger partial charge in [0.15, 0.2) is 0 Å². The van der Waals surface area contributed by atoms with Crippen molar-refractivity contribution in [2.75, 3.05) is 72.6 Å². The number of halogens is 2. The Bertz CT molecular complexity index is 5670. The van der Waals surface area contributed by atoms with Gasteiger partial charge in [0.1, 0.15) is 56.9 Å². The van der Waals surface area contributed by atoms with Gasteiger partial charge in [0.2, 0.25) is 0 Å². The topological polar surface area (TPSA) is 653 Å². The molecule has 43 nitrogen and oxygen atoms in total. The molecule has 0 atom stereocenters. The fourth-order valence-electron chi connectivity index (χ4n) is 10.2. The number of carboxylic acids is 3. The lowest BCUT2D eigenvalue weighted by atomic mass is 10.1. The second kappa shape index (κ2) is 67.8. The van der Waals surface area contributed by atoms with Gasteiger partial charge in [-0.15, -0.1) is 0 Å². The Morgan fingerprint density at radius 3 is 1.05 bits per heavy atom. The highest BCUT2D eigenvalue weighted by molar-refractivity contribution is 9.09. The number of alkyl halides is 2. The number of nitrogens with zero attached hydrogens (tertiary/aromatic N) is 6. The van der Waals surface area contributed by atoms with Crippen LogP contribution in [0.3, 0.4) is 0 Å². The summed E-state index contributed by atoms with van der Waals surface area (Å²) < 4.78 is 96.8. The monoisotopic (exact) mass is 2090 g/mol. The first-order valence-electron chi connectivity index (χ1n) is 44.5. The van der Waals surface area contributed by atoms with E-state index < -0.39 is 98.3 Å². The normalized spacial score (nSPS) is 10.3. The Balaban J connectivity index is 0. The van der Waals surface area contributed by atoms with Gasteiger partial charge in [-0.05, 0) is 141 Å². The molecule has 0 aliphatic rings. The summed E-state index contributed by atoms with van der Waals surface area (Å²) in [5.41, 5.74) is 10.5. The molecule has 9 N–H and O–H groups in total. The quantitative estimate of drug-likeness (QED) is 0.00398. The third-order valence-electron chi connectivity index (χ3n) is 17.9. The number of nitrogens with two attached hydrogens (primary N) is 1. The number of nitro groups is 6. The van der Waals surface area contributed by atoms with E-state index >= 15 is 0 Å². The van der Waals surface area contributed by atoms with Crippen molar-refractivity contribution < 1.29 is 152 Å². The van der Waals surface area contributed by atoms with Crippen LogP contribution in [0.5, 0.6) is 34.5 Å². The molecule has 0 fully saturated rings. The summed E-state index contributed by atoms with van der Waals surface area (Å²) >= 11 is 3.35. The third kappa shape index (κ3) is 55.2. The van der Waals surface area contributed by atoms with Gasteiger partial charge in [-0.1, -0.05) is 147 Å². The summed E-state index contributed by atoms with van der Waals surface area (Å²) in [6.07, 6.45) is 5.56. The molecule has 0 spiro atoms. The molecule has 0 radical (unpaired) electrons. The van der Waals surface area contributed by atoms with Gasteiger partial charge < -0.3 is 79.1 Å². The highest BCUT2D eigenvalue weighted by Gasteiger charge is 2.24. The van der Waals surface area contributed by atoms with E-state index in [1.165, 1.54) is 87.4 Å². The molecule has 0 unspecified atom stereocenters. The summed E-state index contributed by atoms with van der Waals surface area (Å²) in [6, 6.07) is 41.8. The first-order valence-corrected chi connectivity index (χ1v) is 46.0. The fourth-order valence-corrected chi connectivity index (χ4v) is 11.6. The molecule has 0 saturated carbocycles. The lowest BCUT2D eigenvalue weighted by Crippen LogP contribution is -2.40. The van der Waals surface area contributed by atoms with Crippen molar-refractivity contribution in [1.82, 2.24) is 0 Å². The SMILES string of the molecule is CC(C)CCBr.CC(C)CCOC(=O)c1cc(OCCC(C)C)cc([N+](=O)[O-])c1.CC(C)CCOc1cc(C(=O)O)cc([N+](=O)[O-])c1.CC(C)CCOc1cc(N)cc(C(=O)O)c1.CC(C)CCOc1cc([NH3+])cc(C(=O)OCc2ccccc2)c1.CF.COC(=O)c1cc(OC)cc([N+](=O)[O-])c1.COC(=O)c1cc([N+](=O)[O-])cc([N+](=O)[O-])c1.Cc1ccc(S(=O)(=O)[O-])cc1.O=C(O)c1cc(O)cc([N+](=O)[O-])c1.[2H][2H]. The molecule has 9 aromatic rings. The molecule has 0 heterocycles. The maximum atomic E-state index is 12.2. The number of nitrogen functional groups attached to an aromatic ring is 1. The number of aromatic hydroxyl groups is 1. The van der Waals surface area contributed by atoms with Gasteiger partial charge in [0.05, 0.1) is 165 Å². The number of nitro benzene ring substituents is 6. The number of methoxy groups -OCH3 is 3. The van der Waals surface area contributed by atoms with Crippen molar-refractivity contribution >= 4 is 113 Å². The number of aromatic carboxylic acids is 3. The zero-order chi connectivity index (χ0) is 111. The number of hydrogen-bond acceptors (Lipinski definition) is 33. The largest absolute Gasteiger partial charge is 0.744 e. The maximum absolute atomic E-state index is 12.2. The molecule has 0 aliphatic heterocycles. The van der Waals surface area contributed by atoms with Crippen molar-refractivity contribution in [2.24, 2.45) is 35.5 Å². The molecule has 9 rings (SSSR count). The first kappa shape index (κ1) is 126. The van der Waals surface area contributed by atoms with Crippen LogP contribution in [0.1, 0.15) is 208 Å². The summed E-state index contributed by atoms with van der Waals surface area (Å²) in [6.45, 7) is 29.6. The summed E-state index contributed by atoms with van der Waals surface area (Å²) in [7, 11) is -0.130. The molecular formula is C97H124BrFN8O35S. The summed E-state index contributed by atoms with van der Waals surface area (Å²) in [5, 5.41) is 99.6. The number of phenols is 1. The molecule has 0 saturated heterocycles. The minimum atomic E-state index is -4.27. The van der Waals surface area contributed by atoms with E-state index in [9.17, 15) is 112 Å². The second-order valence-corrected chi connectivity index (χ2v) is 34.7. The molecule has 782 valence electrons. The smallest absolute Gasteiger partial charge is 0.338 e. The minimum absolute atomic E-state index is 0.0866. The van der Waals surface area contributed by atoms with Crippen LogP contribution >= 0.6 is 15.9 Å². The summed E-state index contributed by atoms with van der Waals surface area (Å²) in [5.74, 6) is -1.17. The van der Waals surface area contributed by atoms with E-state index in [0.717, 1.165) is 116 Å². The number of carbonyl (C=O) groups excluding carboxylic acids is 4. The Labute approximate surface area is 836 Å². The average molecular weight is 2100 g/mol. The van der Waals surface area contributed by atoms with Gasteiger partial charge in [0, 0.05) is 68.6 Å². The standard InChI is InChI=1S/C19H23NO3.C17H25NO5.C12H15NO5.C12H17NO3.C9H9NO5.C8H6N2O6.C7H5NO5.C7H8O3S.C5H11Br.CH3F.H2/c1-14(2)8-9-22-18-11-16(10-17(20)12-18)19(21)23-13-15-6-4-3-5-7-15;1-12(2)5-7-22-16-10-14(9-15(11-16)18(20)21)17(19)23-8-6-13(3)4;1-8(2)3-4-18-11-6-9(12(14)15)5-10(7-11)13(16)17;1-8(2)3-4-16-11-6-9(12(14)15)5-10(13)7-11;1-14-8-4-6(9(11)15-2)3-7(5-8)10(12)13;1-16-8(11)5-2-6(9(12)13)4-7(3-5)10(14)15;9-6-2-4(7(10)11)1-5(3-6)8(12)13;1-6-2-4-7(5-3-6)11(8,9)10;1-5(2)3-4-6;1-2;/h3-7,10-12,14H,8-9,13,20H2,1-2H3;9-13H,5-8H2,1-4H3;5-8H,3-4H2,1-2H3,(H,14,15);5-8H,3-4,13H2,1-2H3,(H,14,15);3-5H,1-2H3;2-4H,1H3;1-3,9H,(H,10,11);2-5H,1H3,(H,8,9,10);5H,3-4H2,1-2H3;1H3;1H/i;;;;;;;;;;1+1D. The molecular weight excluding hydrogens is 1970 g/mol. The highest BCUT2D eigenvalue weighted by Crippen LogP contribution is 2.30. The highest BCUT2D eigenvalue weighted by atomic mass is 79.9. The van der Waals surface area contributed by atoms with Crippen LogP contribution in [-0.2, 0) is 35.7 Å². The molecule has 0 aliphatic carbocycles. The second-order valence-electron chi connectivity index (χ2n) is 32.6. The zero-order valence-electron chi connectivity index (χ0n) is 84.1. The van der Waals surface area contributed by atoms with Crippen molar-refractivity contribution in [2.45, 2.75) is 140 Å². The van der Waals surface area contributed by atoms with Crippen LogP contribution in [0.25, 0.3) is 0 Å². The zero-order valence-corrected chi connectivity index (χ0v) is 84.5. The molecule has 143 heavy (non-hydrogen) atoms. The molecule has 0 bridgehead atoms. The number of rotatable bonds is 38. The summed E-state index contributed by atoms with van der Waals surface area (Å²) in [4.78, 5) is 137. The van der Waals surface area contributed by atoms with E-state index in [0.29, 0.717) is 98.3 Å². The molecule has 0 aromatic heterocycles. The first-order chi connectivity index (χ1) is 68.0. The Morgan fingerprint density at radius 2 is 0.699 bits per heavy atom. The lowest BCUT2D eigenvalue weighted by Gasteiger charge is -2.10. The van der Waals surface area contributed by atoms with E-state index in [1.54, 1.807) is 30.3 Å². The number of hydrogen-bond donors (Lipinski definition) is 6. The number of aryl methyl sites for hydroxylation is 1. The number of carboxylic acid groups (broad SMARTS) is 3. The number of benzene rings is 9. The predicted octanol–water partition coefficient (Wildman–Crippen LogP) is 20.5. The number of anilines is 1. The van der Waals surface area contributed by atoms with Gasteiger partial charge in [-0.3, -0.25) is 65.1 Å². The predicted molar refractivity (Wildman–Crippen MR) is 530 cm³/mol. The van der Waals surface area contributed by atoms with E-state index in [-0.39, 0.29) is 79.4 Å². The average Bonchev–Trinajstić information content (AvgIpc) is 0.834. The number of quaternary nitrogens is 1. The van der Waals surface area contributed by atoms with E-state index in [1.807, 2.05) is 71.0 Å². The molecule has 0 amide bonds. The van der Waals surface area contributed by atoms with Gasteiger partial charge >= 0.3 is 41.8 Å². The van der Waals surface area contributed by atoms with Crippen molar-refractivity contribution in [3.63, 3.8) is 0 Å². The third-order valence-corrected chi connectivity index (χ3v) is 19.2. The minimum Gasteiger partial charge on any atom is -0.744 e. The van der Waals surface area contributed by atoms with Crippen molar-refractivity contribution in [3.8, 4) is 34.5 Å². The molecule has 46 heteroatoms. The number of ether oxygens (including phenoxy) is 9. The Hall–Kier alpha value is -15.5. The number of non-ortho nitro benzene ring substituents is 6. The van der Waals surface area contributed by atoms with Crippen LogP contribution in [0, 0.1) is 103 Å². The van der Waals surface area contributed by atoms with E-state index in [2.05, 4.69) is 86.5 Å². The van der Waals surface area contributed by atoms with Crippen LogP contribution in [0.15, 0.2) is 187 Å². The Morgan fingerprint density at radius 1 is 0.399 bits per heavy atom. The Kier molecular flexibility index (Phi) is 59.5. The number of esters is 4. The van der Waals surface area contributed by atoms with Crippen LogP contribution in [0.2, 0.25) is 0 Å². The number of phenolic OH excluding ortho intramolecular Hbond substituents is 1. The fraction of sp³-hybridized carbons (Fsp3) is 0.371. The van der Waals surface area contributed by atoms with Crippen molar-refractivity contribution in [3.05, 3.63) is 293 Å². The van der Waals surface area contributed by atoms with Crippen LogP contribution < -0.4 is 35.2 Å². The van der Waals surface area contributed by atoms with E-state index in [4.69, 9.17) is 62.3 Å². The maximum Gasteiger partial charge on any atom is 0.338 e.